The van der Waals surface area contributed by atoms with Gasteiger partial charge in [0.1, 0.15) is 12.4 Å². The van der Waals surface area contributed by atoms with Gasteiger partial charge in [-0.3, -0.25) is 4.79 Å². The molecule has 0 aromatic carbocycles. The molecule has 0 atom stereocenters. The van der Waals surface area contributed by atoms with E-state index in [9.17, 15) is 4.79 Å². The first-order valence-electron chi connectivity index (χ1n) is 4.48. The lowest BCUT2D eigenvalue weighted by Gasteiger charge is -2.01. The molecule has 1 aromatic rings. The second-order valence-corrected chi connectivity index (χ2v) is 2.78. The second kappa shape index (κ2) is 5.39. The number of ether oxygens (including phenoxy) is 1. The minimum atomic E-state index is -0.164. The number of rotatable bonds is 5. The zero-order chi connectivity index (χ0) is 10.4. The number of nitrogens with zero attached hydrogens (tertiary/aromatic N) is 1. The number of hydrogen-bond donors (Lipinski definition) is 1. The van der Waals surface area contributed by atoms with Crippen molar-refractivity contribution in [3.05, 3.63) is 17.8 Å². The first kappa shape index (κ1) is 10.7. The summed E-state index contributed by atoms with van der Waals surface area (Å²) in [5.74, 6) is 1.08. The van der Waals surface area contributed by atoms with E-state index in [1.54, 1.807) is 13.1 Å². The Morgan fingerprint density at radius 3 is 3.07 bits per heavy atom. The van der Waals surface area contributed by atoms with E-state index in [0.29, 0.717) is 19.0 Å². The SMILES string of the molecule is CCOCC(=O)NCc1ncc(C)o1. The van der Waals surface area contributed by atoms with E-state index in [0.717, 1.165) is 5.76 Å². The number of aromatic nitrogens is 1. The Labute approximate surface area is 82.5 Å². The van der Waals surface area contributed by atoms with Gasteiger partial charge in [0, 0.05) is 6.61 Å². The summed E-state index contributed by atoms with van der Waals surface area (Å²) >= 11 is 0. The van der Waals surface area contributed by atoms with E-state index in [4.69, 9.17) is 9.15 Å². The van der Waals surface area contributed by atoms with Gasteiger partial charge >= 0.3 is 0 Å². The van der Waals surface area contributed by atoms with Gasteiger partial charge in [-0.1, -0.05) is 0 Å². The number of hydrogen-bond acceptors (Lipinski definition) is 4. The number of carbonyl (C=O) groups is 1. The third-order valence-corrected chi connectivity index (χ3v) is 1.54. The van der Waals surface area contributed by atoms with Crippen molar-refractivity contribution < 1.29 is 13.9 Å². The highest BCUT2D eigenvalue weighted by Gasteiger charge is 2.03. The van der Waals surface area contributed by atoms with Gasteiger partial charge in [0.05, 0.1) is 12.7 Å². The molecule has 0 saturated carbocycles. The Morgan fingerprint density at radius 2 is 2.50 bits per heavy atom. The lowest BCUT2D eigenvalue weighted by molar-refractivity contribution is -0.125. The number of oxazole rings is 1. The standard InChI is InChI=1S/C9H14N2O3/c1-3-13-6-8(12)10-5-9-11-4-7(2)14-9/h4H,3,5-6H2,1-2H3,(H,10,12). The number of carbonyl (C=O) groups excluding carboxylic acids is 1. The Hall–Kier alpha value is -1.36. The summed E-state index contributed by atoms with van der Waals surface area (Å²) in [6.07, 6.45) is 1.62. The number of aryl methyl sites for hydroxylation is 1. The van der Waals surface area contributed by atoms with E-state index in [1.165, 1.54) is 0 Å². The third kappa shape index (κ3) is 3.57. The molecule has 0 radical (unpaired) electrons. The van der Waals surface area contributed by atoms with Crippen LogP contribution in [0.15, 0.2) is 10.6 Å². The predicted molar refractivity (Wildman–Crippen MR) is 49.6 cm³/mol. The Balaban J connectivity index is 2.23. The fourth-order valence-electron chi connectivity index (χ4n) is 0.903. The molecular weight excluding hydrogens is 184 g/mol. The van der Waals surface area contributed by atoms with Crippen LogP contribution in [-0.4, -0.2) is 24.1 Å². The van der Waals surface area contributed by atoms with Crippen LogP contribution in [0.4, 0.5) is 0 Å². The van der Waals surface area contributed by atoms with Crippen LogP contribution in [0.5, 0.6) is 0 Å². The van der Waals surface area contributed by atoms with Crippen LogP contribution in [0.1, 0.15) is 18.6 Å². The van der Waals surface area contributed by atoms with Gasteiger partial charge in [0.2, 0.25) is 11.8 Å². The molecule has 0 spiro atoms. The lowest BCUT2D eigenvalue weighted by Crippen LogP contribution is -2.27. The molecule has 5 heteroatoms. The molecule has 0 saturated heterocycles. The van der Waals surface area contributed by atoms with E-state index >= 15 is 0 Å². The normalized spacial score (nSPS) is 10.1. The van der Waals surface area contributed by atoms with Crippen molar-refractivity contribution >= 4 is 5.91 Å². The minimum absolute atomic E-state index is 0.0796. The summed E-state index contributed by atoms with van der Waals surface area (Å²) < 4.78 is 10.1. The monoisotopic (exact) mass is 198 g/mol. The van der Waals surface area contributed by atoms with E-state index in [1.807, 2.05) is 6.92 Å². The van der Waals surface area contributed by atoms with Gasteiger partial charge in [-0.2, -0.15) is 0 Å². The average molecular weight is 198 g/mol. The second-order valence-electron chi connectivity index (χ2n) is 2.78. The summed E-state index contributed by atoms with van der Waals surface area (Å²) in [5.41, 5.74) is 0. The highest BCUT2D eigenvalue weighted by atomic mass is 16.5. The largest absolute Gasteiger partial charge is 0.444 e. The molecule has 1 rings (SSSR count). The van der Waals surface area contributed by atoms with Crippen molar-refractivity contribution in [1.29, 1.82) is 0 Å². The van der Waals surface area contributed by atoms with Gasteiger partial charge in [-0.05, 0) is 13.8 Å². The molecule has 0 unspecified atom stereocenters. The first-order valence-corrected chi connectivity index (χ1v) is 4.48. The Kier molecular flexibility index (Phi) is 4.12. The van der Waals surface area contributed by atoms with Gasteiger partial charge in [-0.25, -0.2) is 4.98 Å². The molecule has 14 heavy (non-hydrogen) atoms. The zero-order valence-corrected chi connectivity index (χ0v) is 8.37. The van der Waals surface area contributed by atoms with Crippen LogP contribution in [0.3, 0.4) is 0 Å². The van der Waals surface area contributed by atoms with Crippen molar-refractivity contribution in [2.24, 2.45) is 0 Å². The van der Waals surface area contributed by atoms with Gasteiger partial charge in [-0.15, -0.1) is 0 Å². The van der Waals surface area contributed by atoms with Crippen LogP contribution in [-0.2, 0) is 16.1 Å². The van der Waals surface area contributed by atoms with Gasteiger partial charge < -0.3 is 14.5 Å². The maximum Gasteiger partial charge on any atom is 0.246 e. The van der Waals surface area contributed by atoms with Gasteiger partial charge in [0.15, 0.2) is 0 Å². The molecule has 5 nitrogen and oxygen atoms in total. The summed E-state index contributed by atoms with van der Waals surface area (Å²) in [4.78, 5) is 15.0. The maximum absolute atomic E-state index is 11.1. The fraction of sp³-hybridized carbons (Fsp3) is 0.556. The van der Waals surface area contributed by atoms with Crippen molar-refractivity contribution in [3.8, 4) is 0 Å². The van der Waals surface area contributed by atoms with E-state index in [2.05, 4.69) is 10.3 Å². The molecule has 0 aliphatic carbocycles. The van der Waals surface area contributed by atoms with E-state index < -0.39 is 0 Å². The summed E-state index contributed by atoms with van der Waals surface area (Å²) in [7, 11) is 0. The molecular formula is C9H14N2O3. The summed E-state index contributed by atoms with van der Waals surface area (Å²) in [5, 5.41) is 2.63. The van der Waals surface area contributed by atoms with E-state index in [-0.39, 0.29) is 12.5 Å². The average Bonchev–Trinajstić information content (AvgIpc) is 2.58. The fourth-order valence-corrected chi connectivity index (χ4v) is 0.903. The molecule has 1 heterocycles. The first-order chi connectivity index (χ1) is 6.72. The van der Waals surface area contributed by atoms with Crippen molar-refractivity contribution in [1.82, 2.24) is 10.3 Å². The van der Waals surface area contributed by atoms with Crippen LogP contribution in [0, 0.1) is 6.92 Å². The summed E-state index contributed by atoms with van der Waals surface area (Å²) in [6, 6.07) is 0. The smallest absolute Gasteiger partial charge is 0.246 e. The molecule has 0 bridgehead atoms. The topological polar surface area (TPSA) is 64.4 Å². The molecule has 1 N–H and O–H groups in total. The third-order valence-electron chi connectivity index (χ3n) is 1.54. The highest BCUT2D eigenvalue weighted by molar-refractivity contribution is 5.76. The zero-order valence-electron chi connectivity index (χ0n) is 8.37. The molecule has 1 aromatic heterocycles. The van der Waals surface area contributed by atoms with Crippen molar-refractivity contribution in [2.75, 3.05) is 13.2 Å². The highest BCUT2D eigenvalue weighted by Crippen LogP contribution is 2.00. The quantitative estimate of drug-likeness (QED) is 0.753. The Morgan fingerprint density at radius 1 is 1.71 bits per heavy atom. The number of nitrogens with one attached hydrogen (secondary N) is 1. The minimum Gasteiger partial charge on any atom is -0.444 e. The van der Waals surface area contributed by atoms with Crippen LogP contribution in [0.25, 0.3) is 0 Å². The molecule has 0 aliphatic heterocycles. The van der Waals surface area contributed by atoms with Crippen molar-refractivity contribution in [3.63, 3.8) is 0 Å². The Bertz CT molecular complexity index is 296. The molecule has 0 aliphatic rings. The maximum atomic E-state index is 11.1. The molecule has 1 amide bonds. The summed E-state index contributed by atoms with van der Waals surface area (Å²) in [6.45, 7) is 4.56. The lowest BCUT2D eigenvalue weighted by atomic mass is 10.5. The van der Waals surface area contributed by atoms with Gasteiger partial charge in [0.25, 0.3) is 0 Å². The van der Waals surface area contributed by atoms with Crippen LogP contribution < -0.4 is 5.32 Å². The van der Waals surface area contributed by atoms with Crippen LogP contribution >= 0.6 is 0 Å². The number of amides is 1. The van der Waals surface area contributed by atoms with Crippen LogP contribution in [0.2, 0.25) is 0 Å². The molecule has 78 valence electrons. The molecule has 0 fully saturated rings. The van der Waals surface area contributed by atoms with Crippen molar-refractivity contribution in [2.45, 2.75) is 20.4 Å². The predicted octanol–water partition coefficient (Wildman–Crippen LogP) is 0.636.